The summed E-state index contributed by atoms with van der Waals surface area (Å²) < 4.78 is 68.3. The molecule has 13 nitrogen and oxygen atoms in total. The number of hydrogen-bond donors (Lipinski definition) is 1. The SMILES string of the molecule is COC(=O)C1O[C@@H](CSc2cc(-c3cccc(OCc4ccccc4)c3)ccc2[C@@H](Nc2ccccc2)[C@@H](CC[C@@H](O[Si](C)(C)C(C)(C)C)c2ccc(F)cc2)C(=O)N2C(=O)OC[C@@H]2Cc2ccccc2)C(OCc2ccccc2)[C@@H](OCc2ccccc2)[C@H]1OCc1ccccc1. The highest BCUT2D eigenvalue weighted by Crippen LogP contribution is 2.46. The van der Waals surface area contributed by atoms with Crippen molar-refractivity contribution in [3.8, 4) is 16.9 Å². The lowest BCUT2D eigenvalue weighted by Gasteiger charge is -2.45. The van der Waals surface area contributed by atoms with Gasteiger partial charge in [-0.1, -0.05) is 227 Å². The number of imide groups is 1. The topological polar surface area (TPSA) is 140 Å². The van der Waals surface area contributed by atoms with Gasteiger partial charge in [-0.15, -0.1) is 11.8 Å². The standard InChI is InChI=1S/C82H87FN2O11SSi/c1-82(2,3)98(5,6)96-71(62-40-43-65(83)44-41-62)47-46-70(79(86)85-67(55-94-81(85)88)48-57-26-13-7-14-27-57)74(84-66-37-23-12-24-38-66)69-45-42-64(63-36-25-39-68(49-63)90-51-58-28-15-8-16-29-58)50-73(69)97-56-72-75(91-52-59-30-17-9-18-31-59)76(92-53-60-32-19-10-20-33-60)77(78(95-72)80(87)89-4)93-54-61-34-21-11-22-35-61/h7-45,49-50,67,70-72,74-78,84H,46-48,51-56H2,1-6H3/t67-,70+,71+,72-,74+,75?,76+,77+,78?/m0/s1. The van der Waals surface area contributed by atoms with E-state index < -0.39 is 80.9 Å². The third-order valence-electron chi connectivity index (χ3n) is 18.6. The van der Waals surface area contributed by atoms with Crippen molar-refractivity contribution in [2.75, 3.05) is 24.8 Å². The Morgan fingerprint density at radius 1 is 0.612 bits per heavy atom. The summed E-state index contributed by atoms with van der Waals surface area (Å²) in [5.41, 5.74) is 8.62. The number of esters is 1. The Labute approximate surface area is 581 Å². The van der Waals surface area contributed by atoms with Gasteiger partial charge in [-0.05, 0) is 130 Å². The molecule has 16 heteroatoms. The zero-order valence-corrected chi connectivity index (χ0v) is 58.3. The molecule has 11 rings (SSSR count). The van der Waals surface area contributed by atoms with E-state index in [0.717, 1.165) is 60.7 Å². The van der Waals surface area contributed by atoms with E-state index in [4.69, 9.17) is 37.6 Å². The molecule has 2 heterocycles. The molecule has 0 aromatic heterocycles. The zero-order chi connectivity index (χ0) is 68.4. The molecule has 0 bridgehead atoms. The maximum absolute atomic E-state index is 16.5. The third kappa shape index (κ3) is 18.5. The number of ether oxygens (including phenoxy) is 7. The van der Waals surface area contributed by atoms with Crippen LogP contribution in [-0.2, 0) is 75.3 Å². The van der Waals surface area contributed by atoms with Gasteiger partial charge in [0.2, 0.25) is 5.91 Å². The molecule has 9 aromatic rings. The first kappa shape index (κ1) is 70.6. The number of anilines is 1. The average molecular weight is 1360 g/mol. The van der Waals surface area contributed by atoms with Crippen molar-refractivity contribution in [1.29, 1.82) is 0 Å². The van der Waals surface area contributed by atoms with Gasteiger partial charge in [0.1, 0.15) is 43.1 Å². The highest BCUT2D eigenvalue weighted by atomic mass is 32.2. The van der Waals surface area contributed by atoms with Crippen LogP contribution in [0.3, 0.4) is 0 Å². The Bertz CT molecular complexity index is 3990. The second-order valence-corrected chi connectivity index (χ2v) is 32.3. The second-order valence-electron chi connectivity index (χ2n) is 26.5. The lowest BCUT2D eigenvalue weighted by Crippen LogP contribution is -2.62. The van der Waals surface area contributed by atoms with Gasteiger partial charge >= 0.3 is 12.1 Å². The number of thioether (sulfide) groups is 1. The minimum atomic E-state index is -2.57. The molecule has 0 saturated carbocycles. The summed E-state index contributed by atoms with van der Waals surface area (Å²) in [4.78, 5) is 47.6. The van der Waals surface area contributed by atoms with Crippen LogP contribution in [0, 0.1) is 11.7 Å². The molecule has 98 heavy (non-hydrogen) atoms. The predicted octanol–water partition coefficient (Wildman–Crippen LogP) is 17.8. The van der Waals surface area contributed by atoms with Crippen LogP contribution in [-0.4, -0.2) is 87.2 Å². The molecule has 2 saturated heterocycles. The van der Waals surface area contributed by atoms with Crippen molar-refractivity contribution in [1.82, 2.24) is 4.90 Å². The third-order valence-corrected chi connectivity index (χ3v) is 24.3. The number of carbonyl (C=O) groups excluding carboxylic acids is 3. The van der Waals surface area contributed by atoms with E-state index in [1.807, 2.05) is 206 Å². The number of carbonyl (C=O) groups is 3. The molecular weight excluding hydrogens is 1270 g/mol. The molecule has 508 valence electrons. The van der Waals surface area contributed by atoms with Crippen molar-refractivity contribution in [3.63, 3.8) is 0 Å². The van der Waals surface area contributed by atoms with E-state index in [1.54, 1.807) is 12.1 Å². The Kier molecular flexibility index (Phi) is 24.3. The van der Waals surface area contributed by atoms with Crippen molar-refractivity contribution in [3.05, 3.63) is 293 Å². The molecule has 2 unspecified atom stereocenters. The molecule has 9 aromatic carbocycles. The summed E-state index contributed by atoms with van der Waals surface area (Å²) in [6.07, 6.45) is -5.29. The number of hydrogen-bond acceptors (Lipinski definition) is 13. The molecule has 1 N–H and O–H groups in total. The first-order valence-corrected chi connectivity index (χ1v) is 37.5. The Hall–Kier alpha value is -8.71. The van der Waals surface area contributed by atoms with E-state index in [-0.39, 0.29) is 49.5 Å². The summed E-state index contributed by atoms with van der Waals surface area (Å²) in [5, 5.41) is 3.67. The summed E-state index contributed by atoms with van der Waals surface area (Å²) in [6, 6.07) is 78.1. The number of para-hydroxylation sites is 1. The number of nitrogens with zero attached hydrogens (tertiary/aromatic N) is 1. The Morgan fingerprint density at radius 3 is 1.71 bits per heavy atom. The van der Waals surface area contributed by atoms with Gasteiger partial charge < -0.3 is 42.9 Å². The molecule has 2 aliphatic heterocycles. The lowest BCUT2D eigenvalue weighted by atomic mass is 9.85. The zero-order valence-electron chi connectivity index (χ0n) is 56.5. The molecule has 0 aliphatic carbocycles. The minimum Gasteiger partial charge on any atom is -0.489 e. The fraction of sp³-hybridized carbons (Fsp3) is 0.305. The van der Waals surface area contributed by atoms with Crippen LogP contribution in [0.2, 0.25) is 18.1 Å². The fourth-order valence-electron chi connectivity index (χ4n) is 12.3. The monoisotopic (exact) mass is 1350 g/mol. The number of amides is 2. The molecule has 2 aliphatic rings. The van der Waals surface area contributed by atoms with Crippen LogP contribution in [0.15, 0.2) is 254 Å². The molecule has 0 radical (unpaired) electrons. The minimum absolute atomic E-state index is 0.00918. The first-order chi connectivity index (χ1) is 47.6. The van der Waals surface area contributed by atoms with Crippen molar-refractivity contribution >= 4 is 43.7 Å². The molecule has 9 atom stereocenters. The maximum atomic E-state index is 16.5. The Balaban J connectivity index is 1.06. The van der Waals surface area contributed by atoms with Crippen LogP contribution in [0.25, 0.3) is 11.1 Å². The summed E-state index contributed by atoms with van der Waals surface area (Å²) in [7, 11) is -1.23. The number of rotatable bonds is 30. The lowest BCUT2D eigenvalue weighted by molar-refractivity contribution is -0.261. The summed E-state index contributed by atoms with van der Waals surface area (Å²) in [5.74, 6) is -1.58. The first-order valence-electron chi connectivity index (χ1n) is 33.6. The predicted molar refractivity (Wildman–Crippen MR) is 384 cm³/mol. The van der Waals surface area contributed by atoms with Gasteiger partial charge in [-0.3, -0.25) is 4.79 Å². The van der Waals surface area contributed by atoms with E-state index in [0.29, 0.717) is 25.2 Å². The van der Waals surface area contributed by atoms with Gasteiger partial charge in [-0.2, -0.15) is 0 Å². The van der Waals surface area contributed by atoms with Crippen LogP contribution in [0.4, 0.5) is 14.9 Å². The largest absolute Gasteiger partial charge is 0.489 e. The molecule has 0 spiro atoms. The van der Waals surface area contributed by atoms with E-state index in [1.165, 1.54) is 35.9 Å². The van der Waals surface area contributed by atoms with Crippen LogP contribution < -0.4 is 10.1 Å². The van der Waals surface area contributed by atoms with Crippen LogP contribution in [0.5, 0.6) is 5.75 Å². The van der Waals surface area contributed by atoms with Crippen molar-refractivity contribution < 1.29 is 56.4 Å². The van der Waals surface area contributed by atoms with E-state index >= 15 is 4.79 Å². The fourth-order valence-corrected chi connectivity index (χ4v) is 14.8. The van der Waals surface area contributed by atoms with Gasteiger partial charge in [0.15, 0.2) is 14.4 Å². The molecule has 2 fully saturated rings. The Morgan fingerprint density at radius 2 is 1.14 bits per heavy atom. The number of benzene rings is 9. The van der Waals surface area contributed by atoms with Crippen LogP contribution in [0.1, 0.15) is 84.7 Å². The van der Waals surface area contributed by atoms with Gasteiger partial charge in [0, 0.05) is 16.3 Å². The van der Waals surface area contributed by atoms with E-state index in [2.05, 4.69) is 57.4 Å². The van der Waals surface area contributed by atoms with Crippen LogP contribution >= 0.6 is 11.8 Å². The number of methoxy groups -OCH3 is 1. The normalized spacial score (nSPS) is 18.8. The smallest absolute Gasteiger partial charge is 0.416 e. The van der Waals surface area contributed by atoms with E-state index in [9.17, 15) is 14.0 Å². The quantitative estimate of drug-likeness (QED) is 0.0260. The molecule has 2 amide bonds. The second kappa shape index (κ2) is 33.7. The van der Waals surface area contributed by atoms with Gasteiger partial charge in [0.25, 0.3) is 0 Å². The highest BCUT2D eigenvalue weighted by molar-refractivity contribution is 7.99. The average Bonchev–Trinajstić information content (AvgIpc) is 1.03. The van der Waals surface area contributed by atoms with Gasteiger partial charge in [-0.25, -0.2) is 18.9 Å². The summed E-state index contributed by atoms with van der Waals surface area (Å²) >= 11 is 1.49. The van der Waals surface area contributed by atoms with Crippen molar-refractivity contribution in [2.24, 2.45) is 5.92 Å². The number of nitrogens with one attached hydrogen (secondary N) is 1. The highest BCUT2D eigenvalue weighted by Gasteiger charge is 2.52. The van der Waals surface area contributed by atoms with Crippen molar-refractivity contribution in [2.45, 2.75) is 138 Å². The number of halogens is 1. The molecular formula is C82H87FN2O11SSi. The summed E-state index contributed by atoms with van der Waals surface area (Å²) in [6.45, 7) is 11.8. The van der Waals surface area contributed by atoms with Gasteiger partial charge in [0.05, 0.1) is 57.1 Å². The number of cyclic esters (lactones) is 1. The maximum Gasteiger partial charge on any atom is 0.416 e.